The summed E-state index contributed by atoms with van der Waals surface area (Å²) >= 11 is 5.95. The number of fused-ring (bicyclic) bond motifs is 1. The number of carbonyl (C=O) groups excluding carboxylic acids is 2. The van der Waals surface area contributed by atoms with Crippen LogP contribution < -0.4 is 16.4 Å². The van der Waals surface area contributed by atoms with E-state index in [1.807, 2.05) is 0 Å². The first-order chi connectivity index (χ1) is 12.4. The van der Waals surface area contributed by atoms with E-state index >= 15 is 0 Å². The molecule has 0 spiro atoms. The molecule has 1 aromatic heterocycles. The Morgan fingerprint density at radius 3 is 2.38 bits per heavy atom. The third-order valence-electron chi connectivity index (χ3n) is 3.68. The monoisotopic (exact) mass is 373 g/mol. The molecule has 0 aliphatic rings. The van der Waals surface area contributed by atoms with Crippen molar-refractivity contribution in [2.75, 3.05) is 10.6 Å². The second kappa shape index (κ2) is 7.45. The van der Waals surface area contributed by atoms with Gasteiger partial charge in [-0.2, -0.15) is 0 Å². The maximum atomic E-state index is 12.1. The number of carbonyl (C=O) groups is 2. The van der Waals surface area contributed by atoms with Crippen molar-refractivity contribution in [3.63, 3.8) is 0 Å². The number of aromatic nitrogens is 1. The highest BCUT2D eigenvalue weighted by molar-refractivity contribution is 6.31. The maximum absolute atomic E-state index is 12.1. The Hall–Kier alpha value is -3.06. The smallest absolute Gasteiger partial charge is 0.408 e. The first-order valence-electron chi connectivity index (χ1n) is 7.89. The molecule has 0 bridgehead atoms. The summed E-state index contributed by atoms with van der Waals surface area (Å²) in [5.74, 6) is -0.949. The highest BCUT2D eigenvalue weighted by Gasteiger charge is 2.11. The minimum atomic E-state index is -0.533. The third-order valence-corrected chi connectivity index (χ3v) is 3.92. The number of benzene rings is 2. The lowest BCUT2D eigenvalue weighted by atomic mass is 10.2. The van der Waals surface area contributed by atoms with Gasteiger partial charge in [-0.1, -0.05) is 11.6 Å². The van der Waals surface area contributed by atoms with Crippen molar-refractivity contribution in [1.82, 2.24) is 4.57 Å². The van der Waals surface area contributed by atoms with E-state index in [1.165, 1.54) is 11.5 Å². The topological polar surface area (TPSA) is 93.3 Å². The standard InChI is InChI=1S/C18H16ClN3O4/c1-11(23)20-13-3-5-14(6-4-13)21-17(24)8-9-22-15-10-12(19)2-7-16(15)26-18(22)25/h2-7,10H,8-9H2,1H3,(H,20,23)(H,21,24). The van der Waals surface area contributed by atoms with Crippen LogP contribution in [0.1, 0.15) is 13.3 Å². The van der Waals surface area contributed by atoms with Crippen LogP contribution in [0.5, 0.6) is 0 Å². The van der Waals surface area contributed by atoms with Gasteiger partial charge in [0.2, 0.25) is 11.8 Å². The number of hydrogen-bond acceptors (Lipinski definition) is 4. The minimum Gasteiger partial charge on any atom is -0.408 e. The van der Waals surface area contributed by atoms with Crippen LogP contribution in [0.15, 0.2) is 51.7 Å². The van der Waals surface area contributed by atoms with Crippen molar-refractivity contribution >= 4 is 45.9 Å². The molecular formula is C18H16ClN3O4. The zero-order chi connectivity index (χ0) is 18.7. The van der Waals surface area contributed by atoms with E-state index < -0.39 is 5.76 Å². The second-order valence-corrected chi connectivity index (χ2v) is 6.12. The normalized spacial score (nSPS) is 10.7. The van der Waals surface area contributed by atoms with Gasteiger partial charge < -0.3 is 15.1 Å². The molecule has 0 unspecified atom stereocenters. The molecule has 0 saturated carbocycles. The molecule has 3 aromatic rings. The number of aryl methyl sites for hydroxylation is 1. The lowest BCUT2D eigenvalue weighted by molar-refractivity contribution is -0.116. The van der Waals surface area contributed by atoms with Crippen LogP contribution in [0, 0.1) is 0 Å². The zero-order valence-corrected chi connectivity index (χ0v) is 14.7. The van der Waals surface area contributed by atoms with Gasteiger partial charge in [0.1, 0.15) is 0 Å². The van der Waals surface area contributed by atoms with Crippen LogP contribution in [0.4, 0.5) is 11.4 Å². The van der Waals surface area contributed by atoms with Gasteiger partial charge in [0.15, 0.2) is 5.58 Å². The van der Waals surface area contributed by atoms with Crippen LogP contribution in [-0.2, 0) is 16.1 Å². The number of hydrogen-bond donors (Lipinski definition) is 2. The van der Waals surface area contributed by atoms with Crippen molar-refractivity contribution in [3.8, 4) is 0 Å². The molecule has 0 radical (unpaired) electrons. The van der Waals surface area contributed by atoms with E-state index in [0.29, 0.717) is 27.5 Å². The Morgan fingerprint density at radius 1 is 1.08 bits per heavy atom. The Morgan fingerprint density at radius 2 is 1.73 bits per heavy atom. The summed E-state index contributed by atoms with van der Waals surface area (Å²) in [5.41, 5.74) is 2.21. The van der Waals surface area contributed by atoms with Crippen molar-refractivity contribution in [3.05, 3.63) is 58.0 Å². The number of rotatable bonds is 5. The SMILES string of the molecule is CC(=O)Nc1ccc(NC(=O)CCn2c(=O)oc3ccc(Cl)cc32)cc1. The molecule has 2 N–H and O–H groups in total. The zero-order valence-electron chi connectivity index (χ0n) is 13.9. The Kier molecular flexibility index (Phi) is 5.09. The number of amides is 2. The molecule has 7 nitrogen and oxygen atoms in total. The molecule has 2 amide bonds. The van der Waals surface area contributed by atoms with Crippen LogP contribution >= 0.6 is 11.6 Å². The van der Waals surface area contributed by atoms with Gasteiger partial charge in [-0.25, -0.2) is 4.79 Å². The second-order valence-electron chi connectivity index (χ2n) is 5.69. The van der Waals surface area contributed by atoms with Gasteiger partial charge in [0.25, 0.3) is 0 Å². The molecule has 26 heavy (non-hydrogen) atoms. The summed E-state index contributed by atoms with van der Waals surface area (Å²) in [6.07, 6.45) is 0.0918. The molecule has 1 heterocycles. The van der Waals surface area contributed by atoms with E-state index in [2.05, 4.69) is 10.6 Å². The fraction of sp³-hybridized carbons (Fsp3) is 0.167. The van der Waals surface area contributed by atoms with E-state index in [9.17, 15) is 14.4 Å². The molecular weight excluding hydrogens is 358 g/mol. The lowest BCUT2D eigenvalue weighted by Gasteiger charge is -2.07. The molecule has 2 aromatic carbocycles. The van der Waals surface area contributed by atoms with E-state index in [0.717, 1.165) is 0 Å². The Bertz CT molecular complexity index is 1020. The van der Waals surface area contributed by atoms with Gasteiger partial charge in [0, 0.05) is 36.3 Å². The summed E-state index contributed by atoms with van der Waals surface area (Å²) in [4.78, 5) is 35.1. The number of oxazole rings is 1. The largest absolute Gasteiger partial charge is 0.419 e. The van der Waals surface area contributed by atoms with Crippen LogP contribution in [0.2, 0.25) is 5.02 Å². The predicted octanol–water partition coefficient (Wildman–Crippen LogP) is 3.24. The lowest BCUT2D eigenvalue weighted by Crippen LogP contribution is -2.19. The molecule has 0 atom stereocenters. The molecule has 0 saturated heterocycles. The molecule has 3 rings (SSSR count). The fourth-order valence-corrected chi connectivity index (χ4v) is 2.69. The summed E-state index contributed by atoms with van der Waals surface area (Å²) in [7, 11) is 0. The summed E-state index contributed by atoms with van der Waals surface area (Å²) < 4.78 is 6.51. The highest BCUT2D eigenvalue weighted by Crippen LogP contribution is 2.19. The van der Waals surface area contributed by atoms with Gasteiger partial charge in [-0.15, -0.1) is 0 Å². The average Bonchev–Trinajstić information content (AvgIpc) is 2.89. The van der Waals surface area contributed by atoms with E-state index in [-0.39, 0.29) is 24.8 Å². The summed E-state index contributed by atoms with van der Waals surface area (Å²) in [5, 5.41) is 5.87. The first kappa shape index (κ1) is 17.8. The molecule has 0 fully saturated rings. The van der Waals surface area contributed by atoms with Gasteiger partial charge in [-0.3, -0.25) is 14.2 Å². The van der Waals surface area contributed by atoms with Crippen molar-refractivity contribution in [2.45, 2.75) is 19.9 Å². The van der Waals surface area contributed by atoms with Crippen LogP contribution in [-0.4, -0.2) is 16.4 Å². The summed E-state index contributed by atoms with van der Waals surface area (Å²) in [6.45, 7) is 1.59. The number of halogens is 1. The minimum absolute atomic E-state index is 0.0918. The number of anilines is 2. The Balaban J connectivity index is 1.64. The molecule has 8 heteroatoms. The van der Waals surface area contributed by atoms with Crippen molar-refractivity contribution in [2.24, 2.45) is 0 Å². The average molecular weight is 374 g/mol. The number of nitrogens with zero attached hydrogens (tertiary/aromatic N) is 1. The van der Waals surface area contributed by atoms with Crippen molar-refractivity contribution in [1.29, 1.82) is 0 Å². The van der Waals surface area contributed by atoms with Crippen LogP contribution in [0.3, 0.4) is 0 Å². The van der Waals surface area contributed by atoms with Gasteiger partial charge >= 0.3 is 5.76 Å². The molecule has 0 aliphatic carbocycles. The third kappa shape index (κ3) is 4.12. The molecule has 0 aliphatic heterocycles. The predicted molar refractivity (Wildman–Crippen MR) is 99.5 cm³/mol. The molecule has 134 valence electrons. The summed E-state index contributed by atoms with van der Waals surface area (Å²) in [6, 6.07) is 11.6. The van der Waals surface area contributed by atoms with Crippen molar-refractivity contribution < 1.29 is 14.0 Å². The fourth-order valence-electron chi connectivity index (χ4n) is 2.52. The number of nitrogens with one attached hydrogen (secondary N) is 2. The van der Waals surface area contributed by atoms with Gasteiger partial charge in [0.05, 0.1) is 5.52 Å². The highest BCUT2D eigenvalue weighted by atomic mass is 35.5. The maximum Gasteiger partial charge on any atom is 0.419 e. The van der Waals surface area contributed by atoms with Crippen LogP contribution in [0.25, 0.3) is 11.1 Å². The van der Waals surface area contributed by atoms with E-state index in [1.54, 1.807) is 42.5 Å². The van der Waals surface area contributed by atoms with E-state index in [4.69, 9.17) is 16.0 Å². The quantitative estimate of drug-likeness (QED) is 0.718. The van der Waals surface area contributed by atoms with Gasteiger partial charge in [-0.05, 0) is 42.5 Å². The Labute approximate surface area is 153 Å². The first-order valence-corrected chi connectivity index (χ1v) is 8.26.